The molecular weight excluding hydrogens is 346 g/mol. The molecule has 5 nitrogen and oxygen atoms in total. The number of likely N-dealkylation sites (tertiary alicyclic amines) is 2. The van der Waals surface area contributed by atoms with E-state index in [0.29, 0.717) is 6.04 Å². The highest BCUT2D eigenvalue weighted by molar-refractivity contribution is 7.10. The summed E-state index contributed by atoms with van der Waals surface area (Å²) < 4.78 is 5.47. The van der Waals surface area contributed by atoms with Gasteiger partial charge in [0, 0.05) is 50.1 Å². The van der Waals surface area contributed by atoms with Crippen LogP contribution in [0.2, 0.25) is 0 Å². The lowest BCUT2D eigenvalue weighted by molar-refractivity contribution is -0.178. The molecule has 0 N–H and O–H groups in total. The zero-order chi connectivity index (χ0) is 18.1. The molecule has 0 spiro atoms. The first-order chi connectivity index (χ1) is 12.7. The summed E-state index contributed by atoms with van der Waals surface area (Å²) in [5, 5.41) is 2.17. The molecular formula is C20H25N3O2S. The van der Waals surface area contributed by atoms with Crippen molar-refractivity contribution in [2.45, 2.75) is 44.5 Å². The topological polar surface area (TPSA) is 45.7 Å². The summed E-state index contributed by atoms with van der Waals surface area (Å²) in [6.45, 7) is 5.28. The first kappa shape index (κ1) is 17.6. The van der Waals surface area contributed by atoms with Crippen molar-refractivity contribution in [2.75, 3.05) is 20.2 Å². The third-order valence-electron chi connectivity index (χ3n) is 5.67. The summed E-state index contributed by atoms with van der Waals surface area (Å²) in [7, 11) is 1.63. The Labute approximate surface area is 158 Å². The van der Waals surface area contributed by atoms with E-state index in [1.807, 2.05) is 23.5 Å². The van der Waals surface area contributed by atoms with Gasteiger partial charge in [-0.2, -0.15) is 0 Å². The monoisotopic (exact) mass is 371 g/mol. The molecule has 2 aromatic rings. The highest BCUT2D eigenvalue weighted by Crippen LogP contribution is 2.40. The van der Waals surface area contributed by atoms with Crippen molar-refractivity contribution in [3.05, 3.63) is 52.0 Å². The number of rotatable bonds is 5. The minimum absolute atomic E-state index is 0.0200. The molecule has 1 amide bonds. The molecule has 2 saturated heterocycles. The van der Waals surface area contributed by atoms with Crippen LogP contribution in [0.25, 0.3) is 0 Å². The molecule has 2 fully saturated rings. The van der Waals surface area contributed by atoms with Gasteiger partial charge in [0.1, 0.15) is 0 Å². The second-order valence-electron chi connectivity index (χ2n) is 7.16. The van der Waals surface area contributed by atoms with E-state index in [4.69, 9.17) is 4.74 Å². The molecule has 2 aliphatic heterocycles. The number of piperidine rings is 1. The number of nitrogens with zero attached hydrogens (tertiary/aromatic N) is 3. The lowest BCUT2D eigenvalue weighted by atomic mass is 9.86. The normalized spacial score (nSPS) is 24.7. The molecule has 0 radical (unpaired) electrons. The van der Waals surface area contributed by atoms with Crippen molar-refractivity contribution >= 4 is 17.2 Å². The quantitative estimate of drug-likeness (QED) is 0.758. The number of aromatic nitrogens is 1. The molecule has 4 heterocycles. The second kappa shape index (κ2) is 7.47. The van der Waals surface area contributed by atoms with Crippen LogP contribution in [0.5, 0.6) is 0 Å². The van der Waals surface area contributed by atoms with E-state index in [9.17, 15) is 4.79 Å². The van der Waals surface area contributed by atoms with Gasteiger partial charge in [0.25, 0.3) is 5.91 Å². The number of pyridine rings is 1. The second-order valence-corrected chi connectivity index (χ2v) is 8.16. The van der Waals surface area contributed by atoms with Crippen LogP contribution in [-0.2, 0) is 16.1 Å². The lowest BCUT2D eigenvalue weighted by Gasteiger charge is -2.52. The summed E-state index contributed by atoms with van der Waals surface area (Å²) >= 11 is 1.84. The minimum Gasteiger partial charge on any atom is -0.369 e. The zero-order valence-corrected chi connectivity index (χ0v) is 16.1. The fourth-order valence-electron chi connectivity index (χ4n) is 4.14. The van der Waals surface area contributed by atoms with Gasteiger partial charge in [-0.05, 0) is 54.5 Å². The number of ether oxygens (including phenoxy) is 1. The summed E-state index contributed by atoms with van der Waals surface area (Å²) in [6, 6.07) is 6.49. The molecule has 2 atom stereocenters. The number of aryl methyl sites for hydroxylation is 1. The molecule has 2 aromatic heterocycles. The summed E-state index contributed by atoms with van der Waals surface area (Å²) in [5.41, 5.74) is 2.50. The number of β-lactam (4-membered cyclic amide) rings is 1. The summed E-state index contributed by atoms with van der Waals surface area (Å²) in [5.74, 6) is 0.127. The molecule has 0 aromatic carbocycles. The van der Waals surface area contributed by atoms with E-state index in [2.05, 4.69) is 33.2 Å². The molecule has 4 rings (SSSR count). The Balaban J connectivity index is 1.41. The van der Waals surface area contributed by atoms with E-state index >= 15 is 0 Å². The fourth-order valence-corrected chi connectivity index (χ4v) is 5.09. The first-order valence-electron chi connectivity index (χ1n) is 9.19. The third-order valence-corrected chi connectivity index (χ3v) is 6.68. The molecule has 6 heteroatoms. The average Bonchev–Trinajstić information content (AvgIpc) is 3.07. The van der Waals surface area contributed by atoms with Crippen LogP contribution >= 0.6 is 11.3 Å². The van der Waals surface area contributed by atoms with Gasteiger partial charge in [-0.15, -0.1) is 11.3 Å². The Bertz CT molecular complexity index is 755. The molecule has 26 heavy (non-hydrogen) atoms. The molecule has 138 valence electrons. The number of thiophene rings is 1. The van der Waals surface area contributed by atoms with E-state index in [0.717, 1.165) is 38.0 Å². The van der Waals surface area contributed by atoms with Gasteiger partial charge < -0.3 is 9.64 Å². The molecule has 0 unspecified atom stereocenters. The number of carbonyl (C=O) groups is 1. The Morgan fingerprint density at radius 1 is 1.23 bits per heavy atom. The predicted molar refractivity (Wildman–Crippen MR) is 102 cm³/mol. The molecule has 0 bridgehead atoms. The maximum atomic E-state index is 12.6. The standard InChI is InChI=1S/C20H25N3O2S/c1-14-7-12-26-17(14)13-22-10-5-16(6-11-22)23-18(19(25-2)20(23)24)15-3-8-21-9-4-15/h3-4,7-9,12,16,18-19H,5-6,10-11,13H2,1-2H3/t18-,19+/m0/s1. The third kappa shape index (κ3) is 3.17. The Morgan fingerprint density at radius 3 is 2.58 bits per heavy atom. The zero-order valence-electron chi connectivity index (χ0n) is 15.3. The number of hydrogen-bond acceptors (Lipinski definition) is 5. The smallest absolute Gasteiger partial charge is 0.255 e. The first-order valence-corrected chi connectivity index (χ1v) is 10.1. The molecule has 0 aliphatic carbocycles. The number of amides is 1. The fraction of sp³-hybridized carbons (Fsp3) is 0.500. The van der Waals surface area contributed by atoms with Crippen molar-refractivity contribution in [3.63, 3.8) is 0 Å². The van der Waals surface area contributed by atoms with Gasteiger partial charge in [-0.3, -0.25) is 14.7 Å². The SMILES string of the molecule is CO[C@H]1C(=O)N(C2CCN(Cc3sccc3C)CC2)[C@H]1c1ccncc1. The Hall–Kier alpha value is -1.76. The maximum Gasteiger partial charge on any atom is 0.255 e. The van der Waals surface area contributed by atoms with Crippen LogP contribution in [0.3, 0.4) is 0 Å². The van der Waals surface area contributed by atoms with E-state index in [1.54, 1.807) is 19.5 Å². The Kier molecular flexibility index (Phi) is 5.07. The largest absolute Gasteiger partial charge is 0.369 e. The van der Waals surface area contributed by atoms with Crippen molar-refractivity contribution in [3.8, 4) is 0 Å². The van der Waals surface area contributed by atoms with Gasteiger partial charge in [0.15, 0.2) is 6.10 Å². The van der Waals surface area contributed by atoms with Gasteiger partial charge in [-0.1, -0.05) is 0 Å². The maximum absolute atomic E-state index is 12.6. The minimum atomic E-state index is -0.357. The Morgan fingerprint density at radius 2 is 1.96 bits per heavy atom. The van der Waals surface area contributed by atoms with Gasteiger partial charge >= 0.3 is 0 Å². The number of carbonyl (C=O) groups excluding carboxylic acids is 1. The van der Waals surface area contributed by atoms with Crippen LogP contribution in [0.15, 0.2) is 36.0 Å². The van der Waals surface area contributed by atoms with Crippen LogP contribution in [0.1, 0.15) is 34.9 Å². The van der Waals surface area contributed by atoms with E-state index in [1.165, 1.54) is 10.4 Å². The van der Waals surface area contributed by atoms with Crippen molar-refractivity contribution < 1.29 is 9.53 Å². The van der Waals surface area contributed by atoms with Crippen LogP contribution in [0, 0.1) is 6.92 Å². The van der Waals surface area contributed by atoms with Crippen molar-refractivity contribution in [2.24, 2.45) is 0 Å². The van der Waals surface area contributed by atoms with E-state index < -0.39 is 0 Å². The highest BCUT2D eigenvalue weighted by atomic mass is 32.1. The van der Waals surface area contributed by atoms with Gasteiger partial charge in [-0.25, -0.2) is 0 Å². The van der Waals surface area contributed by atoms with Crippen LogP contribution in [-0.4, -0.2) is 53.0 Å². The van der Waals surface area contributed by atoms with Crippen molar-refractivity contribution in [1.29, 1.82) is 0 Å². The summed E-state index contributed by atoms with van der Waals surface area (Å²) in [4.78, 5) is 22.7. The average molecular weight is 372 g/mol. The molecule has 2 aliphatic rings. The van der Waals surface area contributed by atoms with E-state index in [-0.39, 0.29) is 18.1 Å². The number of hydrogen-bond donors (Lipinski definition) is 0. The number of methoxy groups -OCH3 is 1. The predicted octanol–water partition coefficient (Wildman–Crippen LogP) is 3.01. The van der Waals surface area contributed by atoms with Crippen LogP contribution < -0.4 is 0 Å². The summed E-state index contributed by atoms with van der Waals surface area (Å²) in [6.07, 6.45) is 5.26. The molecule has 0 saturated carbocycles. The van der Waals surface area contributed by atoms with Crippen molar-refractivity contribution in [1.82, 2.24) is 14.8 Å². The van der Waals surface area contributed by atoms with Gasteiger partial charge in [0.2, 0.25) is 0 Å². The van der Waals surface area contributed by atoms with Gasteiger partial charge in [0.05, 0.1) is 6.04 Å². The highest BCUT2D eigenvalue weighted by Gasteiger charge is 2.51. The lowest BCUT2D eigenvalue weighted by Crippen LogP contribution is -2.64. The van der Waals surface area contributed by atoms with Crippen LogP contribution in [0.4, 0.5) is 0 Å².